The minimum Gasteiger partial charge on any atom is -0.468 e. The second-order valence-corrected chi connectivity index (χ2v) is 4.16. The SMILES string of the molecule is CNC(CCc1cc[c-]cc1)(COC)C(=O)OC.[Y+3]. The maximum absolute atomic E-state index is 11.9. The van der Waals surface area contributed by atoms with Gasteiger partial charge in [0, 0.05) is 7.11 Å². The summed E-state index contributed by atoms with van der Waals surface area (Å²) >= 11 is 0. The van der Waals surface area contributed by atoms with E-state index in [1.54, 1.807) is 14.2 Å². The molecule has 0 aliphatic heterocycles. The molecule has 1 rings (SSSR count). The number of rotatable bonds is 7. The van der Waals surface area contributed by atoms with Gasteiger partial charge < -0.3 is 14.8 Å². The molecule has 1 aromatic carbocycles. The van der Waals surface area contributed by atoms with Crippen LogP contribution in [0.1, 0.15) is 12.0 Å². The molecular formula is C14H20NO3Y+2. The molecule has 1 unspecified atom stereocenters. The number of nitrogens with one attached hydrogen (secondary N) is 1. The summed E-state index contributed by atoms with van der Waals surface area (Å²) in [6, 6.07) is 10.7. The molecule has 5 heteroatoms. The van der Waals surface area contributed by atoms with Crippen molar-refractivity contribution in [2.75, 3.05) is 27.9 Å². The van der Waals surface area contributed by atoms with E-state index in [1.807, 2.05) is 24.3 Å². The van der Waals surface area contributed by atoms with Gasteiger partial charge in [0.25, 0.3) is 0 Å². The van der Waals surface area contributed by atoms with Crippen LogP contribution < -0.4 is 5.32 Å². The van der Waals surface area contributed by atoms with Crippen LogP contribution in [-0.2, 0) is 53.4 Å². The molecule has 19 heavy (non-hydrogen) atoms. The minimum absolute atomic E-state index is 0. The molecule has 4 nitrogen and oxygen atoms in total. The van der Waals surface area contributed by atoms with Crippen LogP contribution in [0.5, 0.6) is 0 Å². The fourth-order valence-electron chi connectivity index (χ4n) is 1.92. The number of aryl methyl sites for hydroxylation is 1. The molecular weight excluding hydrogens is 319 g/mol. The van der Waals surface area contributed by atoms with Gasteiger partial charge in [-0.1, -0.05) is 0 Å². The van der Waals surface area contributed by atoms with E-state index < -0.39 is 5.54 Å². The molecule has 0 aliphatic rings. The molecule has 100 valence electrons. The number of methoxy groups -OCH3 is 2. The Kier molecular flexibility index (Phi) is 9.45. The Hall–Kier alpha value is -0.286. The molecule has 0 saturated heterocycles. The fourth-order valence-corrected chi connectivity index (χ4v) is 1.92. The Balaban J connectivity index is 0.00000324. The van der Waals surface area contributed by atoms with Crippen LogP contribution in [0.15, 0.2) is 24.3 Å². The summed E-state index contributed by atoms with van der Waals surface area (Å²) in [7, 11) is 4.71. The zero-order valence-corrected chi connectivity index (χ0v) is 14.6. The second-order valence-electron chi connectivity index (χ2n) is 4.16. The molecule has 0 radical (unpaired) electrons. The van der Waals surface area contributed by atoms with Crippen molar-refractivity contribution in [2.24, 2.45) is 0 Å². The van der Waals surface area contributed by atoms with E-state index in [0.717, 1.165) is 12.0 Å². The smallest absolute Gasteiger partial charge is 0.468 e. The molecule has 1 aromatic rings. The summed E-state index contributed by atoms with van der Waals surface area (Å²) in [5.41, 5.74) is 0.372. The molecule has 0 bridgehead atoms. The van der Waals surface area contributed by atoms with E-state index in [4.69, 9.17) is 9.47 Å². The van der Waals surface area contributed by atoms with Crippen LogP contribution in [0.2, 0.25) is 0 Å². The maximum Gasteiger partial charge on any atom is 3.00 e. The van der Waals surface area contributed by atoms with Gasteiger partial charge in [-0.3, -0.25) is 0 Å². The quantitative estimate of drug-likeness (QED) is 0.599. The molecule has 0 spiro atoms. The first-order chi connectivity index (χ1) is 8.68. The van der Waals surface area contributed by atoms with E-state index in [1.165, 1.54) is 7.11 Å². The Morgan fingerprint density at radius 2 is 2.00 bits per heavy atom. The summed E-state index contributed by atoms with van der Waals surface area (Å²) in [6.45, 7) is 0.287. The Morgan fingerprint density at radius 3 is 2.47 bits per heavy atom. The van der Waals surface area contributed by atoms with Crippen molar-refractivity contribution in [3.8, 4) is 0 Å². The van der Waals surface area contributed by atoms with Crippen molar-refractivity contribution in [3.05, 3.63) is 35.9 Å². The van der Waals surface area contributed by atoms with E-state index in [9.17, 15) is 4.79 Å². The van der Waals surface area contributed by atoms with Gasteiger partial charge in [0.05, 0.1) is 13.7 Å². The molecule has 0 heterocycles. The van der Waals surface area contributed by atoms with Crippen LogP contribution in [0.4, 0.5) is 0 Å². The summed E-state index contributed by atoms with van der Waals surface area (Å²) in [6.07, 6.45) is 1.39. The molecule has 0 aliphatic carbocycles. The van der Waals surface area contributed by atoms with E-state index in [2.05, 4.69) is 11.4 Å². The van der Waals surface area contributed by atoms with Gasteiger partial charge >= 0.3 is 38.7 Å². The fraction of sp³-hybridized carbons (Fsp3) is 0.500. The van der Waals surface area contributed by atoms with Crippen LogP contribution in [-0.4, -0.2) is 39.4 Å². The van der Waals surface area contributed by atoms with Gasteiger partial charge in [-0.05, 0) is 19.9 Å². The van der Waals surface area contributed by atoms with Crippen molar-refractivity contribution in [3.63, 3.8) is 0 Å². The van der Waals surface area contributed by atoms with Crippen molar-refractivity contribution >= 4 is 5.97 Å². The van der Waals surface area contributed by atoms with Gasteiger partial charge in [-0.2, -0.15) is 35.9 Å². The zero-order chi connectivity index (χ0) is 13.4. The monoisotopic (exact) mass is 339 g/mol. The third kappa shape index (κ3) is 5.31. The van der Waals surface area contributed by atoms with Gasteiger partial charge in [0.1, 0.15) is 5.54 Å². The Morgan fingerprint density at radius 1 is 1.37 bits per heavy atom. The summed E-state index contributed by atoms with van der Waals surface area (Å²) < 4.78 is 10.0. The summed E-state index contributed by atoms with van der Waals surface area (Å²) in [5, 5.41) is 3.03. The number of likely N-dealkylation sites (N-methyl/N-ethyl adjacent to an activating group) is 1. The van der Waals surface area contributed by atoms with E-state index in [0.29, 0.717) is 6.42 Å². The average Bonchev–Trinajstić information content (AvgIpc) is 2.44. The molecule has 0 aromatic heterocycles. The number of benzene rings is 1. The van der Waals surface area contributed by atoms with Gasteiger partial charge in [-0.15, -0.1) is 0 Å². The van der Waals surface area contributed by atoms with Gasteiger partial charge in [-0.25, -0.2) is 4.79 Å². The van der Waals surface area contributed by atoms with Crippen LogP contribution >= 0.6 is 0 Å². The summed E-state index contributed by atoms with van der Waals surface area (Å²) in [5.74, 6) is -0.297. The summed E-state index contributed by atoms with van der Waals surface area (Å²) in [4.78, 5) is 11.9. The van der Waals surface area contributed by atoms with Gasteiger partial charge in [0.15, 0.2) is 0 Å². The van der Waals surface area contributed by atoms with Crippen molar-refractivity contribution in [2.45, 2.75) is 18.4 Å². The number of esters is 1. The minimum atomic E-state index is -0.789. The number of ether oxygens (including phenoxy) is 2. The van der Waals surface area contributed by atoms with Crippen LogP contribution in [0.25, 0.3) is 0 Å². The first-order valence-corrected chi connectivity index (χ1v) is 5.90. The zero-order valence-electron chi connectivity index (χ0n) is 11.7. The van der Waals surface area contributed by atoms with Crippen molar-refractivity contribution < 1.29 is 47.0 Å². The van der Waals surface area contributed by atoms with Gasteiger partial charge in [0.2, 0.25) is 0 Å². The third-order valence-corrected chi connectivity index (χ3v) is 3.07. The van der Waals surface area contributed by atoms with E-state index >= 15 is 0 Å². The van der Waals surface area contributed by atoms with Crippen molar-refractivity contribution in [1.29, 1.82) is 0 Å². The van der Waals surface area contributed by atoms with Crippen LogP contribution in [0.3, 0.4) is 0 Å². The largest absolute Gasteiger partial charge is 3.00 e. The van der Waals surface area contributed by atoms with Crippen molar-refractivity contribution in [1.82, 2.24) is 5.32 Å². The molecule has 0 saturated carbocycles. The number of hydrogen-bond donors (Lipinski definition) is 1. The predicted molar refractivity (Wildman–Crippen MR) is 69.3 cm³/mol. The predicted octanol–water partition coefficient (Wildman–Crippen LogP) is 1.19. The first-order valence-electron chi connectivity index (χ1n) is 5.90. The third-order valence-electron chi connectivity index (χ3n) is 3.07. The second kappa shape index (κ2) is 9.59. The first kappa shape index (κ1) is 18.7. The Bertz CT molecular complexity index is 372. The normalized spacial score (nSPS) is 13.2. The molecule has 0 fully saturated rings. The standard InChI is InChI=1S/C14H20NO3.Y/c1-15-14(11-17-2,13(16)18-3)10-9-12-7-5-4-6-8-12;/h5-8,15H,9-11H2,1-3H3;/q-1;+3. The molecule has 0 amide bonds. The topological polar surface area (TPSA) is 47.6 Å². The van der Waals surface area contributed by atoms with Crippen LogP contribution in [0, 0.1) is 6.07 Å². The Labute approximate surface area is 140 Å². The van der Waals surface area contributed by atoms with E-state index in [-0.39, 0.29) is 45.3 Å². The number of hydrogen-bond acceptors (Lipinski definition) is 4. The maximum atomic E-state index is 11.9. The number of carbonyl (C=O) groups excluding carboxylic acids is 1. The number of carbonyl (C=O) groups is 1. The molecule has 1 N–H and O–H groups in total. The average molecular weight is 339 g/mol. The molecule has 1 atom stereocenters.